The van der Waals surface area contributed by atoms with Crippen molar-refractivity contribution in [2.24, 2.45) is 5.92 Å². The van der Waals surface area contributed by atoms with E-state index < -0.39 is 10.0 Å². The molecule has 1 atom stereocenters. The van der Waals surface area contributed by atoms with Crippen LogP contribution in [0, 0.1) is 5.92 Å². The molecule has 0 bridgehead atoms. The lowest BCUT2D eigenvalue weighted by molar-refractivity contribution is -0.121. The number of amides is 1. The van der Waals surface area contributed by atoms with Crippen LogP contribution in [0.2, 0.25) is 5.02 Å². The van der Waals surface area contributed by atoms with Gasteiger partial charge in [-0.1, -0.05) is 18.5 Å². The molecule has 8 heteroatoms. The Morgan fingerprint density at radius 2 is 1.92 bits per heavy atom. The van der Waals surface area contributed by atoms with Crippen molar-refractivity contribution in [3.63, 3.8) is 0 Å². The molecule has 0 radical (unpaired) electrons. The molecule has 1 N–H and O–H groups in total. The Kier molecular flexibility index (Phi) is 6.48. The van der Waals surface area contributed by atoms with E-state index >= 15 is 0 Å². The zero-order chi connectivity index (χ0) is 18.8. The maximum Gasteiger partial charge on any atom is 0.244 e. The molecule has 0 aliphatic carbocycles. The van der Waals surface area contributed by atoms with Gasteiger partial charge in [-0.05, 0) is 57.0 Å². The second kappa shape index (κ2) is 8.03. The van der Waals surface area contributed by atoms with Gasteiger partial charge in [-0.3, -0.25) is 9.69 Å². The van der Waals surface area contributed by atoms with Crippen molar-refractivity contribution < 1.29 is 13.2 Å². The third kappa shape index (κ3) is 4.73. The van der Waals surface area contributed by atoms with Crippen LogP contribution < -0.4 is 5.32 Å². The SMILES string of the molecule is CC1CCN(C(C)C(=O)Nc2ccc(Cl)c(S(=O)(=O)N(C)C)c2)CC1. The first kappa shape index (κ1) is 20.2. The van der Waals surface area contributed by atoms with Gasteiger partial charge in [0.25, 0.3) is 0 Å². The van der Waals surface area contributed by atoms with Gasteiger partial charge >= 0.3 is 0 Å². The molecule has 1 aromatic rings. The number of nitrogens with one attached hydrogen (secondary N) is 1. The predicted octanol–water partition coefficient (Wildman–Crippen LogP) is 2.65. The van der Waals surface area contributed by atoms with E-state index in [-0.39, 0.29) is 21.9 Å². The lowest BCUT2D eigenvalue weighted by Crippen LogP contribution is -2.45. The number of carbonyl (C=O) groups excluding carboxylic acids is 1. The summed E-state index contributed by atoms with van der Waals surface area (Å²) in [6, 6.07) is 4.23. The van der Waals surface area contributed by atoms with Crippen LogP contribution in [0.3, 0.4) is 0 Å². The largest absolute Gasteiger partial charge is 0.325 e. The standard InChI is InChI=1S/C17H26ClN3O3S/c1-12-7-9-21(10-8-12)13(2)17(22)19-14-5-6-15(18)16(11-14)25(23,24)20(3)4/h5-6,11-13H,7-10H2,1-4H3,(H,19,22). The molecule has 1 unspecified atom stereocenters. The fourth-order valence-corrected chi connectivity index (χ4v) is 4.20. The van der Waals surface area contributed by atoms with Gasteiger partial charge in [-0.25, -0.2) is 12.7 Å². The molecule has 1 fully saturated rings. The summed E-state index contributed by atoms with van der Waals surface area (Å²) in [5, 5.41) is 2.94. The number of hydrogen-bond donors (Lipinski definition) is 1. The molecule has 6 nitrogen and oxygen atoms in total. The fourth-order valence-electron chi connectivity index (χ4n) is 2.80. The molecule has 0 spiro atoms. The number of piperidine rings is 1. The molecule has 1 aromatic carbocycles. The van der Waals surface area contributed by atoms with Gasteiger partial charge in [0.1, 0.15) is 4.90 Å². The molecule has 1 aliphatic rings. The highest BCUT2D eigenvalue weighted by molar-refractivity contribution is 7.89. The summed E-state index contributed by atoms with van der Waals surface area (Å²) >= 11 is 6.03. The minimum atomic E-state index is -3.67. The van der Waals surface area contributed by atoms with Crippen molar-refractivity contribution >= 4 is 33.2 Å². The van der Waals surface area contributed by atoms with E-state index in [2.05, 4.69) is 17.1 Å². The molecule has 2 rings (SSSR count). The fraction of sp³-hybridized carbons (Fsp3) is 0.588. The van der Waals surface area contributed by atoms with Crippen LogP contribution in [0.1, 0.15) is 26.7 Å². The van der Waals surface area contributed by atoms with E-state index in [1.165, 1.54) is 26.2 Å². The number of benzene rings is 1. The molecule has 1 heterocycles. The van der Waals surface area contributed by atoms with E-state index in [9.17, 15) is 13.2 Å². The van der Waals surface area contributed by atoms with Gasteiger partial charge < -0.3 is 5.32 Å². The number of halogens is 1. The zero-order valence-electron chi connectivity index (χ0n) is 15.1. The number of hydrogen-bond acceptors (Lipinski definition) is 4. The van der Waals surface area contributed by atoms with Crippen molar-refractivity contribution in [1.29, 1.82) is 0 Å². The Morgan fingerprint density at radius 3 is 2.48 bits per heavy atom. The normalized spacial score (nSPS) is 18.3. The summed E-state index contributed by atoms with van der Waals surface area (Å²) in [5.41, 5.74) is 0.423. The van der Waals surface area contributed by atoms with Gasteiger partial charge in [-0.2, -0.15) is 0 Å². The second-order valence-corrected chi connectivity index (χ2v) is 9.34. The smallest absolute Gasteiger partial charge is 0.244 e. The molecule has 1 amide bonds. The second-order valence-electron chi connectivity index (χ2n) is 6.82. The van der Waals surface area contributed by atoms with Crippen LogP contribution in [0.25, 0.3) is 0 Å². The lowest BCUT2D eigenvalue weighted by Gasteiger charge is -2.34. The molecular weight excluding hydrogens is 362 g/mol. The van der Waals surface area contributed by atoms with Crippen molar-refractivity contribution in [2.45, 2.75) is 37.6 Å². The number of rotatable bonds is 5. The first-order valence-electron chi connectivity index (χ1n) is 8.40. The van der Waals surface area contributed by atoms with Crippen molar-refractivity contribution in [1.82, 2.24) is 9.21 Å². The Morgan fingerprint density at radius 1 is 1.32 bits per heavy atom. The number of carbonyl (C=O) groups is 1. The van der Waals surface area contributed by atoms with Gasteiger partial charge in [0.2, 0.25) is 15.9 Å². The van der Waals surface area contributed by atoms with Crippen LogP contribution >= 0.6 is 11.6 Å². The van der Waals surface area contributed by atoms with Gasteiger partial charge in [0.05, 0.1) is 11.1 Å². The van der Waals surface area contributed by atoms with Crippen LogP contribution in [0.4, 0.5) is 5.69 Å². The molecule has 25 heavy (non-hydrogen) atoms. The minimum Gasteiger partial charge on any atom is -0.325 e. The van der Waals surface area contributed by atoms with E-state index in [0.717, 1.165) is 30.2 Å². The molecular formula is C17H26ClN3O3S. The first-order chi connectivity index (χ1) is 11.6. The monoisotopic (exact) mass is 387 g/mol. The summed E-state index contributed by atoms with van der Waals surface area (Å²) < 4.78 is 25.7. The zero-order valence-corrected chi connectivity index (χ0v) is 16.7. The maximum atomic E-state index is 12.5. The molecule has 0 aromatic heterocycles. The maximum absolute atomic E-state index is 12.5. The molecule has 1 saturated heterocycles. The number of nitrogens with zero attached hydrogens (tertiary/aromatic N) is 2. The third-order valence-corrected chi connectivity index (χ3v) is 7.00. The van der Waals surface area contributed by atoms with Crippen LogP contribution in [-0.2, 0) is 14.8 Å². The van der Waals surface area contributed by atoms with Gasteiger partial charge in [0, 0.05) is 19.8 Å². The van der Waals surface area contributed by atoms with E-state index in [0.29, 0.717) is 11.6 Å². The summed E-state index contributed by atoms with van der Waals surface area (Å²) in [5.74, 6) is 0.548. The summed E-state index contributed by atoms with van der Waals surface area (Å²) in [4.78, 5) is 14.7. The van der Waals surface area contributed by atoms with Gasteiger partial charge in [-0.15, -0.1) is 0 Å². The topological polar surface area (TPSA) is 69.7 Å². The van der Waals surface area contributed by atoms with Crippen molar-refractivity contribution in [2.75, 3.05) is 32.5 Å². The Labute approximate surface area is 155 Å². The average molecular weight is 388 g/mol. The minimum absolute atomic E-state index is 0.0172. The average Bonchev–Trinajstić information content (AvgIpc) is 2.56. The highest BCUT2D eigenvalue weighted by atomic mass is 35.5. The van der Waals surface area contributed by atoms with Gasteiger partial charge in [0.15, 0.2) is 0 Å². The van der Waals surface area contributed by atoms with Crippen LogP contribution in [0.15, 0.2) is 23.1 Å². The highest BCUT2D eigenvalue weighted by Crippen LogP contribution is 2.27. The van der Waals surface area contributed by atoms with Crippen LogP contribution in [-0.4, -0.2) is 56.8 Å². The number of sulfonamides is 1. The van der Waals surface area contributed by atoms with E-state index in [4.69, 9.17) is 11.6 Å². The van der Waals surface area contributed by atoms with Crippen molar-refractivity contribution in [3.05, 3.63) is 23.2 Å². The number of likely N-dealkylation sites (tertiary alicyclic amines) is 1. The summed E-state index contributed by atoms with van der Waals surface area (Å²) in [6.45, 7) is 5.90. The Balaban J connectivity index is 2.13. The summed E-state index contributed by atoms with van der Waals surface area (Å²) in [7, 11) is -0.791. The molecule has 1 aliphatic heterocycles. The molecule has 140 valence electrons. The third-order valence-electron chi connectivity index (χ3n) is 4.70. The Hall–Kier alpha value is -1.15. The highest BCUT2D eigenvalue weighted by Gasteiger charge is 2.26. The Bertz CT molecular complexity index is 729. The predicted molar refractivity (Wildman–Crippen MR) is 100 cm³/mol. The van der Waals surface area contributed by atoms with E-state index in [1.807, 2.05) is 6.92 Å². The quantitative estimate of drug-likeness (QED) is 0.843. The number of anilines is 1. The first-order valence-corrected chi connectivity index (χ1v) is 10.2. The van der Waals surface area contributed by atoms with Crippen LogP contribution in [0.5, 0.6) is 0 Å². The van der Waals surface area contributed by atoms with Crippen molar-refractivity contribution in [3.8, 4) is 0 Å². The molecule has 0 saturated carbocycles. The lowest BCUT2D eigenvalue weighted by atomic mass is 9.98. The summed E-state index contributed by atoms with van der Waals surface area (Å²) in [6.07, 6.45) is 2.17. The van der Waals surface area contributed by atoms with E-state index in [1.54, 1.807) is 6.07 Å².